The topological polar surface area (TPSA) is 51.0 Å². The summed E-state index contributed by atoms with van der Waals surface area (Å²) in [6, 6.07) is 0. The standard InChI is InChI=1S/C14H25N3O/c1-14(2,3)9-12-16-13(18-17-12)7-6-11-5-4-8-15-10-11/h11,15H,4-10H2,1-3H3. The van der Waals surface area contributed by atoms with E-state index in [1.54, 1.807) is 0 Å². The summed E-state index contributed by atoms with van der Waals surface area (Å²) in [6.07, 6.45) is 5.58. The predicted octanol–water partition coefficient (Wildman–Crippen LogP) is 2.59. The fourth-order valence-corrected chi connectivity index (χ4v) is 2.44. The Balaban J connectivity index is 1.79. The van der Waals surface area contributed by atoms with Crippen LogP contribution in [0, 0.1) is 11.3 Å². The molecule has 4 heteroatoms. The largest absolute Gasteiger partial charge is 0.339 e. The summed E-state index contributed by atoms with van der Waals surface area (Å²) in [6.45, 7) is 8.89. The van der Waals surface area contributed by atoms with E-state index in [0.29, 0.717) is 0 Å². The van der Waals surface area contributed by atoms with Crippen LogP contribution < -0.4 is 5.32 Å². The maximum absolute atomic E-state index is 5.32. The second kappa shape index (κ2) is 5.83. The van der Waals surface area contributed by atoms with E-state index >= 15 is 0 Å². The lowest BCUT2D eigenvalue weighted by Gasteiger charge is -2.21. The van der Waals surface area contributed by atoms with E-state index in [0.717, 1.165) is 43.4 Å². The minimum Gasteiger partial charge on any atom is -0.339 e. The first-order valence-corrected chi connectivity index (χ1v) is 7.05. The van der Waals surface area contributed by atoms with Gasteiger partial charge < -0.3 is 9.84 Å². The van der Waals surface area contributed by atoms with Crippen LogP contribution >= 0.6 is 0 Å². The third-order valence-corrected chi connectivity index (χ3v) is 3.36. The van der Waals surface area contributed by atoms with Crippen molar-refractivity contribution in [2.75, 3.05) is 13.1 Å². The SMILES string of the molecule is CC(C)(C)Cc1noc(CCC2CCCNC2)n1. The van der Waals surface area contributed by atoms with Crippen LogP contribution in [0.5, 0.6) is 0 Å². The van der Waals surface area contributed by atoms with Gasteiger partial charge in [-0.3, -0.25) is 0 Å². The molecule has 4 nitrogen and oxygen atoms in total. The normalized spacial score (nSPS) is 21.2. The Morgan fingerprint density at radius 3 is 2.89 bits per heavy atom. The van der Waals surface area contributed by atoms with Crippen molar-refractivity contribution >= 4 is 0 Å². The number of hydrogen-bond acceptors (Lipinski definition) is 4. The van der Waals surface area contributed by atoms with E-state index in [1.165, 1.54) is 19.4 Å². The monoisotopic (exact) mass is 251 g/mol. The molecule has 0 spiro atoms. The number of nitrogens with one attached hydrogen (secondary N) is 1. The number of hydrogen-bond donors (Lipinski definition) is 1. The molecule has 2 heterocycles. The number of rotatable bonds is 4. The lowest BCUT2D eigenvalue weighted by molar-refractivity contribution is 0.322. The molecule has 0 amide bonds. The number of piperidine rings is 1. The predicted molar refractivity (Wildman–Crippen MR) is 71.4 cm³/mol. The molecule has 0 bridgehead atoms. The maximum Gasteiger partial charge on any atom is 0.226 e. The molecule has 0 saturated carbocycles. The average molecular weight is 251 g/mol. The minimum absolute atomic E-state index is 0.217. The summed E-state index contributed by atoms with van der Waals surface area (Å²) in [7, 11) is 0. The Hall–Kier alpha value is -0.900. The van der Waals surface area contributed by atoms with Gasteiger partial charge in [-0.25, -0.2) is 0 Å². The summed E-state index contributed by atoms with van der Waals surface area (Å²) in [4.78, 5) is 4.48. The summed E-state index contributed by atoms with van der Waals surface area (Å²) in [5.41, 5.74) is 0.217. The second-order valence-corrected chi connectivity index (χ2v) is 6.59. The van der Waals surface area contributed by atoms with Crippen molar-refractivity contribution in [3.8, 4) is 0 Å². The summed E-state index contributed by atoms with van der Waals surface area (Å²) >= 11 is 0. The Bertz CT molecular complexity index is 361. The highest BCUT2D eigenvalue weighted by atomic mass is 16.5. The first kappa shape index (κ1) is 13.5. The van der Waals surface area contributed by atoms with Gasteiger partial charge in [-0.05, 0) is 43.7 Å². The van der Waals surface area contributed by atoms with Gasteiger partial charge in [-0.2, -0.15) is 4.98 Å². The van der Waals surface area contributed by atoms with E-state index in [1.807, 2.05) is 0 Å². The fraction of sp³-hybridized carbons (Fsp3) is 0.857. The Labute approximate surface area is 110 Å². The summed E-state index contributed by atoms with van der Waals surface area (Å²) < 4.78 is 5.32. The molecule has 0 radical (unpaired) electrons. The van der Waals surface area contributed by atoms with Gasteiger partial charge in [-0.15, -0.1) is 0 Å². The molecule has 1 atom stereocenters. The highest BCUT2D eigenvalue weighted by molar-refractivity contribution is 4.90. The molecular formula is C14H25N3O. The van der Waals surface area contributed by atoms with Gasteiger partial charge in [-0.1, -0.05) is 25.9 Å². The van der Waals surface area contributed by atoms with Crippen LogP contribution in [0.4, 0.5) is 0 Å². The van der Waals surface area contributed by atoms with E-state index in [-0.39, 0.29) is 5.41 Å². The molecule has 1 aliphatic rings. The lowest BCUT2D eigenvalue weighted by Crippen LogP contribution is -2.29. The first-order valence-electron chi connectivity index (χ1n) is 7.05. The Kier molecular flexibility index (Phi) is 4.38. The van der Waals surface area contributed by atoms with E-state index in [4.69, 9.17) is 4.52 Å². The second-order valence-electron chi connectivity index (χ2n) is 6.59. The van der Waals surface area contributed by atoms with E-state index in [2.05, 4.69) is 36.2 Å². The van der Waals surface area contributed by atoms with Crippen LogP contribution in [0.3, 0.4) is 0 Å². The Morgan fingerprint density at radius 2 is 2.22 bits per heavy atom. The van der Waals surface area contributed by atoms with Crippen molar-refractivity contribution in [1.82, 2.24) is 15.5 Å². The van der Waals surface area contributed by atoms with Crippen molar-refractivity contribution in [1.29, 1.82) is 0 Å². The van der Waals surface area contributed by atoms with Gasteiger partial charge in [0.2, 0.25) is 5.89 Å². The van der Waals surface area contributed by atoms with Crippen LogP contribution in [0.2, 0.25) is 0 Å². The molecule has 0 aliphatic carbocycles. The molecule has 1 unspecified atom stereocenters. The van der Waals surface area contributed by atoms with Crippen molar-refractivity contribution in [2.45, 2.75) is 52.9 Å². The smallest absolute Gasteiger partial charge is 0.226 e. The maximum atomic E-state index is 5.32. The molecule has 102 valence electrons. The molecule has 1 aromatic heterocycles. The van der Waals surface area contributed by atoms with Gasteiger partial charge in [0.15, 0.2) is 5.82 Å². The van der Waals surface area contributed by atoms with Gasteiger partial charge in [0.1, 0.15) is 0 Å². The van der Waals surface area contributed by atoms with Gasteiger partial charge >= 0.3 is 0 Å². The number of aryl methyl sites for hydroxylation is 1. The quantitative estimate of drug-likeness (QED) is 0.893. The molecule has 18 heavy (non-hydrogen) atoms. The average Bonchev–Trinajstić information content (AvgIpc) is 2.73. The first-order chi connectivity index (χ1) is 8.53. The molecule has 1 aromatic rings. The third-order valence-electron chi connectivity index (χ3n) is 3.36. The van der Waals surface area contributed by atoms with Crippen LogP contribution in [-0.2, 0) is 12.8 Å². The lowest BCUT2D eigenvalue weighted by atomic mass is 9.92. The van der Waals surface area contributed by atoms with Crippen molar-refractivity contribution in [3.63, 3.8) is 0 Å². The Morgan fingerprint density at radius 1 is 1.39 bits per heavy atom. The van der Waals surface area contributed by atoms with Crippen LogP contribution in [-0.4, -0.2) is 23.2 Å². The van der Waals surface area contributed by atoms with Gasteiger partial charge in [0.05, 0.1) is 0 Å². The van der Waals surface area contributed by atoms with Crippen molar-refractivity contribution < 1.29 is 4.52 Å². The fourth-order valence-electron chi connectivity index (χ4n) is 2.44. The molecular weight excluding hydrogens is 226 g/mol. The molecule has 1 saturated heterocycles. The molecule has 1 fully saturated rings. The van der Waals surface area contributed by atoms with E-state index < -0.39 is 0 Å². The minimum atomic E-state index is 0.217. The zero-order valence-electron chi connectivity index (χ0n) is 11.8. The van der Waals surface area contributed by atoms with Gasteiger partial charge in [0.25, 0.3) is 0 Å². The summed E-state index contributed by atoms with van der Waals surface area (Å²) in [5.74, 6) is 2.43. The van der Waals surface area contributed by atoms with Crippen LogP contribution in [0.1, 0.15) is 51.7 Å². The zero-order chi connectivity index (χ0) is 13.0. The van der Waals surface area contributed by atoms with Crippen molar-refractivity contribution in [3.05, 3.63) is 11.7 Å². The molecule has 0 aromatic carbocycles. The third kappa shape index (κ3) is 4.41. The number of nitrogens with zero attached hydrogens (tertiary/aromatic N) is 2. The molecule has 1 aliphatic heterocycles. The van der Waals surface area contributed by atoms with E-state index in [9.17, 15) is 0 Å². The highest BCUT2D eigenvalue weighted by Crippen LogP contribution is 2.20. The molecule has 2 rings (SSSR count). The zero-order valence-corrected chi connectivity index (χ0v) is 11.8. The number of aromatic nitrogens is 2. The highest BCUT2D eigenvalue weighted by Gasteiger charge is 2.18. The van der Waals surface area contributed by atoms with Crippen molar-refractivity contribution in [2.24, 2.45) is 11.3 Å². The van der Waals surface area contributed by atoms with Gasteiger partial charge in [0, 0.05) is 12.8 Å². The van der Waals surface area contributed by atoms with Crippen LogP contribution in [0.15, 0.2) is 4.52 Å². The summed E-state index contributed by atoms with van der Waals surface area (Å²) in [5, 5.41) is 7.50. The molecule has 1 N–H and O–H groups in total. The van der Waals surface area contributed by atoms with Crippen LogP contribution in [0.25, 0.3) is 0 Å².